The third kappa shape index (κ3) is 11.0. The number of carbonyl (C=O) groups excluding carboxylic acids is 1. The second kappa shape index (κ2) is 21.7. The van der Waals surface area contributed by atoms with Gasteiger partial charge < -0.3 is 87.9 Å². The molecule has 2 aliphatic heterocycles. The van der Waals surface area contributed by atoms with Gasteiger partial charge in [0.2, 0.25) is 5.95 Å². The molecule has 3 aromatic heterocycles. The molecule has 1 amide bonds. The summed E-state index contributed by atoms with van der Waals surface area (Å²) < 4.78 is 31.4. The molecule has 5 heterocycles. The molecule has 5 aromatic rings. The first kappa shape index (κ1) is 50.0. The highest BCUT2D eigenvalue weighted by molar-refractivity contribution is 7.18. The molecule has 15 atom stereocenters. The topological polar surface area (TPSA) is 395 Å². The zero-order valence-electron chi connectivity index (χ0n) is 35.8. The van der Waals surface area contributed by atoms with Gasteiger partial charge in [-0.25, -0.2) is 14.6 Å². The summed E-state index contributed by atoms with van der Waals surface area (Å²) in [5.41, 5.74) is 26.6. The molecule has 0 spiro atoms. The van der Waals surface area contributed by atoms with Crippen molar-refractivity contribution in [2.75, 3.05) is 18.5 Å². The minimum Gasteiger partial charge on any atom is -0.484 e. The van der Waals surface area contributed by atoms with E-state index in [4.69, 9.17) is 69.8 Å². The zero-order valence-corrected chi connectivity index (χ0v) is 38.1. The third-order valence-electron chi connectivity index (χ3n) is 11.8. The molecule has 2 saturated heterocycles. The number of hydrogen-bond acceptors (Lipinski definition) is 24. The average molecular weight is 1010 g/mol. The maximum Gasteiger partial charge on any atom is 0.258 e. The summed E-state index contributed by atoms with van der Waals surface area (Å²) >= 11 is 14.1. The molecule has 368 valence electrons. The lowest BCUT2D eigenvalue weighted by atomic mass is 9.84. The van der Waals surface area contributed by atoms with Crippen LogP contribution in [0.5, 0.6) is 5.75 Å². The Labute approximate surface area is 400 Å². The first-order valence-electron chi connectivity index (χ1n) is 21.3. The highest BCUT2D eigenvalue weighted by atomic mass is 35.5. The van der Waals surface area contributed by atoms with E-state index in [0.717, 1.165) is 9.71 Å². The maximum atomic E-state index is 12.9. The summed E-state index contributed by atoms with van der Waals surface area (Å²) in [7, 11) is 0. The molecular formula is C40H51Cl2N13O12S. The second-order valence-electron chi connectivity index (χ2n) is 16.4. The molecule has 0 bridgehead atoms. The average Bonchev–Trinajstić information content (AvgIpc) is 3.96. The molecule has 3 fully saturated rings. The van der Waals surface area contributed by atoms with Crippen LogP contribution in [0.15, 0.2) is 48.8 Å². The van der Waals surface area contributed by atoms with Crippen LogP contribution in [0.3, 0.4) is 0 Å². The number of aliphatic hydroxyl groups is 6. The molecule has 3 aliphatic rings. The summed E-state index contributed by atoms with van der Waals surface area (Å²) in [6, 6.07) is 7.29. The van der Waals surface area contributed by atoms with Gasteiger partial charge in [-0.2, -0.15) is 5.10 Å². The molecule has 8 rings (SSSR count). The normalized spacial score (nSPS) is 32.0. The van der Waals surface area contributed by atoms with Crippen molar-refractivity contribution in [3.8, 4) is 17.0 Å². The maximum absolute atomic E-state index is 12.9. The number of thiazole rings is 1. The van der Waals surface area contributed by atoms with Crippen LogP contribution in [0, 0.1) is 0 Å². The Balaban J connectivity index is 0.830. The van der Waals surface area contributed by atoms with E-state index in [2.05, 4.69) is 41.1 Å². The molecule has 1 aliphatic carbocycles. The number of carbonyl (C=O) groups is 1. The Kier molecular flexibility index (Phi) is 15.9. The van der Waals surface area contributed by atoms with Crippen LogP contribution in [0.1, 0.15) is 17.1 Å². The number of nitrogens with two attached hydrogens (primary N) is 4. The van der Waals surface area contributed by atoms with Crippen molar-refractivity contribution in [2.24, 2.45) is 22.9 Å². The number of aliphatic hydroxyl groups excluding tert-OH is 6. The summed E-state index contributed by atoms with van der Waals surface area (Å²) in [4.78, 5) is 22.1. The number of fused-ring (bicyclic) bond motifs is 1. The molecule has 0 radical (unpaired) electrons. The van der Waals surface area contributed by atoms with Gasteiger partial charge in [-0.3, -0.25) is 4.79 Å². The van der Waals surface area contributed by atoms with Crippen molar-refractivity contribution in [3.05, 3.63) is 69.5 Å². The highest BCUT2D eigenvalue weighted by Gasteiger charge is 2.52. The largest absolute Gasteiger partial charge is 0.484 e. The Bertz CT molecular complexity index is 2500. The van der Waals surface area contributed by atoms with Gasteiger partial charge in [-0.1, -0.05) is 34.5 Å². The number of benzene rings is 2. The minimum absolute atomic E-state index is 0.0240. The third-order valence-corrected chi connectivity index (χ3v) is 13.4. The zero-order chi connectivity index (χ0) is 48.4. The summed E-state index contributed by atoms with van der Waals surface area (Å²) in [5.74, 6) is 0.197. The number of anilines is 1. The lowest BCUT2D eigenvalue weighted by molar-refractivity contribution is -0.331. The fourth-order valence-corrected chi connectivity index (χ4v) is 9.52. The monoisotopic (exact) mass is 1010 g/mol. The van der Waals surface area contributed by atoms with Crippen molar-refractivity contribution in [1.82, 2.24) is 40.5 Å². The number of halogens is 2. The van der Waals surface area contributed by atoms with Crippen LogP contribution in [-0.2, 0) is 43.4 Å². The van der Waals surface area contributed by atoms with Crippen molar-refractivity contribution in [3.63, 3.8) is 0 Å². The van der Waals surface area contributed by atoms with Crippen LogP contribution < -0.4 is 38.3 Å². The summed E-state index contributed by atoms with van der Waals surface area (Å²) in [6.45, 7) is -0.458. The SMILES string of the molecule is NC[C@H]1O[C@H](O[C@H]2[C@H](O)[C@@H](O[C@H]3O[C@H](Cn4nncc4CNC(=O)COc4ccc5sc(CNc6nncc(-c7c(Cl)cccc7Cl)n6)nc5c4)[C@@H](O)[C@H](N)[C@H]3O)[C@H](N)C[C@@H]2N)[C@H](O)[C@@H](O)[C@@H]1O. The number of rotatable bonds is 16. The van der Waals surface area contributed by atoms with Gasteiger partial charge in [0, 0.05) is 30.3 Å². The predicted molar refractivity (Wildman–Crippen MR) is 240 cm³/mol. The summed E-state index contributed by atoms with van der Waals surface area (Å²) in [5, 5.41) is 88.1. The molecule has 16 N–H and O–H groups in total. The fourth-order valence-electron chi connectivity index (χ4n) is 8.05. The van der Waals surface area contributed by atoms with Crippen molar-refractivity contribution in [1.29, 1.82) is 0 Å². The van der Waals surface area contributed by atoms with Gasteiger partial charge in [0.05, 0.1) is 75.8 Å². The van der Waals surface area contributed by atoms with E-state index in [1.165, 1.54) is 28.4 Å². The molecule has 1 saturated carbocycles. The van der Waals surface area contributed by atoms with Crippen LogP contribution in [0.4, 0.5) is 5.95 Å². The van der Waals surface area contributed by atoms with E-state index < -0.39 is 97.7 Å². The van der Waals surface area contributed by atoms with Gasteiger partial charge in [-0.15, -0.1) is 21.5 Å². The molecule has 0 unspecified atom stereocenters. The van der Waals surface area contributed by atoms with E-state index in [1.54, 1.807) is 30.3 Å². The van der Waals surface area contributed by atoms with E-state index in [9.17, 15) is 35.4 Å². The smallest absolute Gasteiger partial charge is 0.258 e. The lowest BCUT2D eigenvalue weighted by Crippen LogP contribution is -2.68. The van der Waals surface area contributed by atoms with E-state index in [-0.39, 0.29) is 38.6 Å². The van der Waals surface area contributed by atoms with Crippen molar-refractivity contribution in [2.45, 2.75) is 118 Å². The van der Waals surface area contributed by atoms with Crippen molar-refractivity contribution >= 4 is 56.6 Å². The Morgan fingerprint density at radius 3 is 2.26 bits per heavy atom. The van der Waals surface area contributed by atoms with Gasteiger partial charge in [0.25, 0.3) is 5.91 Å². The van der Waals surface area contributed by atoms with Crippen LogP contribution in [0.2, 0.25) is 10.0 Å². The van der Waals surface area contributed by atoms with Crippen LogP contribution in [-0.4, -0.2) is 177 Å². The Morgan fingerprint density at radius 1 is 0.838 bits per heavy atom. The fraction of sp³-hybridized carbons (Fsp3) is 0.525. The number of ether oxygens (including phenoxy) is 5. The number of amides is 1. The van der Waals surface area contributed by atoms with Gasteiger partial charge in [0.1, 0.15) is 65.7 Å². The van der Waals surface area contributed by atoms with E-state index in [1.807, 2.05) is 6.07 Å². The number of hydrogen-bond donors (Lipinski definition) is 12. The number of aromatic nitrogens is 7. The van der Waals surface area contributed by atoms with Gasteiger partial charge >= 0.3 is 0 Å². The molecule has 2 aromatic carbocycles. The lowest BCUT2D eigenvalue weighted by Gasteiger charge is -2.48. The summed E-state index contributed by atoms with van der Waals surface area (Å²) in [6.07, 6.45) is -14.5. The molecule has 25 nitrogen and oxygen atoms in total. The van der Waals surface area contributed by atoms with E-state index >= 15 is 0 Å². The first-order valence-corrected chi connectivity index (χ1v) is 22.9. The molecular weight excluding hydrogens is 957 g/mol. The van der Waals surface area contributed by atoms with E-state index in [0.29, 0.717) is 44.8 Å². The second-order valence-corrected chi connectivity index (χ2v) is 18.4. The van der Waals surface area contributed by atoms with Crippen LogP contribution in [0.25, 0.3) is 21.5 Å². The molecule has 68 heavy (non-hydrogen) atoms. The quantitative estimate of drug-likeness (QED) is 0.0471. The Hall–Kier alpha value is -4.43. The number of nitrogens with one attached hydrogen (secondary N) is 2. The van der Waals surface area contributed by atoms with Crippen molar-refractivity contribution < 1.29 is 59.1 Å². The molecule has 28 heteroatoms. The predicted octanol–water partition coefficient (Wildman–Crippen LogP) is -2.92. The van der Waals surface area contributed by atoms with Crippen LogP contribution >= 0.6 is 34.5 Å². The van der Waals surface area contributed by atoms with Gasteiger partial charge in [0.15, 0.2) is 19.2 Å². The first-order chi connectivity index (χ1) is 32.6. The minimum atomic E-state index is -1.72. The standard InChI is InChI=1S/C40H51Cl2N13O12S/c41-17-2-1-3-18(42)28(17)22-11-49-53-40(52-22)48-12-27-51-21-6-16(4-5-25(21)68-27)63-14-26(56)47-9-15-10-50-54-55(15)13-24-30(57)29(46)32(59)38(65-24)66-36-19(44)7-20(45)37(35(36)62)67-39-34(61)33(60)31(58)23(8-43)64-39/h1-6,10-11,19-20,23-24,29-39,57-62H,7-9,12-14,43-46H2,(H,47,56)(H,48,52,53)/t19-,20+,23-,24-,29+,30-,31-,32-,33+,34-,35-,36+,37-,38-,39-/m1/s1. The van der Waals surface area contributed by atoms with Gasteiger partial charge in [-0.05, 0) is 30.7 Å². The number of nitrogens with zero attached hydrogens (tertiary/aromatic N) is 7. The highest BCUT2D eigenvalue weighted by Crippen LogP contribution is 2.35. The Morgan fingerprint density at radius 2 is 1.54 bits per heavy atom.